The quantitative estimate of drug-likeness (QED) is 0.408. The number of fused-ring (bicyclic) bond motifs is 1. The van der Waals surface area contributed by atoms with Crippen molar-refractivity contribution < 1.29 is 31.7 Å². The molecule has 0 N–H and O–H groups in total. The number of carbonyl (C=O) groups is 2. The highest BCUT2D eigenvalue weighted by Crippen LogP contribution is 2.29. The molecule has 2 amide bonds. The minimum absolute atomic E-state index is 0.150. The van der Waals surface area contributed by atoms with Crippen LogP contribution in [0, 0.1) is 0 Å². The number of hydrogen-bond donors (Lipinski definition) is 0. The molecule has 2 aliphatic rings. The molecule has 2 aliphatic heterocycles. The van der Waals surface area contributed by atoms with Gasteiger partial charge in [-0.1, -0.05) is 42.5 Å². The van der Waals surface area contributed by atoms with Crippen LogP contribution in [0.4, 0.5) is 0 Å². The van der Waals surface area contributed by atoms with Crippen LogP contribution in [0.15, 0.2) is 54.6 Å². The van der Waals surface area contributed by atoms with E-state index in [9.17, 15) is 18.0 Å². The molecule has 0 aromatic heterocycles. The van der Waals surface area contributed by atoms with E-state index < -0.39 is 40.4 Å². The first-order valence-electron chi connectivity index (χ1n) is 11.0. The molecule has 176 valence electrons. The summed E-state index contributed by atoms with van der Waals surface area (Å²) in [6, 6.07) is 14.9. The first-order chi connectivity index (χ1) is 15.8. The molecule has 3 atom stereocenters. The molecule has 1 fully saturated rings. The van der Waals surface area contributed by atoms with Crippen LogP contribution < -0.4 is 0 Å². The molecule has 9 heteroatoms. The Labute approximate surface area is 193 Å². The number of carbonyl (C=O) groups excluding carboxylic acids is 2. The summed E-state index contributed by atoms with van der Waals surface area (Å²) in [4.78, 5) is 27.6. The van der Waals surface area contributed by atoms with Crippen LogP contribution in [0.5, 0.6) is 0 Å². The number of ether oxygens (including phenoxy) is 2. The summed E-state index contributed by atoms with van der Waals surface area (Å²) >= 11 is 0. The summed E-state index contributed by atoms with van der Waals surface area (Å²) in [6.07, 6.45) is 2.13. The van der Waals surface area contributed by atoms with Crippen LogP contribution in [0.1, 0.15) is 45.5 Å². The molecule has 0 aliphatic carbocycles. The van der Waals surface area contributed by atoms with Crippen molar-refractivity contribution >= 4 is 21.9 Å². The number of nitrogens with zero attached hydrogens (tertiary/aromatic N) is 1. The Morgan fingerprint density at radius 1 is 1.00 bits per heavy atom. The maximum absolute atomic E-state index is 13.2. The number of rotatable bonds is 9. The zero-order valence-corrected chi connectivity index (χ0v) is 19.2. The second-order valence-electron chi connectivity index (χ2n) is 8.25. The Balaban J connectivity index is 1.67. The van der Waals surface area contributed by atoms with Crippen molar-refractivity contribution in [3.63, 3.8) is 0 Å². The Morgan fingerprint density at radius 3 is 2.21 bits per heavy atom. The van der Waals surface area contributed by atoms with E-state index in [0.29, 0.717) is 13.0 Å². The van der Waals surface area contributed by atoms with E-state index >= 15 is 0 Å². The van der Waals surface area contributed by atoms with Gasteiger partial charge in [-0.2, -0.15) is 8.42 Å². The fourth-order valence-corrected chi connectivity index (χ4v) is 4.86. The molecule has 0 bridgehead atoms. The third kappa shape index (κ3) is 5.67. The van der Waals surface area contributed by atoms with Gasteiger partial charge >= 0.3 is 0 Å². The molecular weight excluding hydrogens is 446 g/mol. The maximum atomic E-state index is 13.2. The van der Waals surface area contributed by atoms with Crippen molar-refractivity contribution in [2.45, 2.75) is 44.1 Å². The second kappa shape index (κ2) is 10.1. The van der Waals surface area contributed by atoms with Crippen LogP contribution in [-0.4, -0.2) is 63.0 Å². The van der Waals surface area contributed by atoms with Crippen molar-refractivity contribution in [3.8, 4) is 0 Å². The van der Waals surface area contributed by atoms with E-state index in [4.69, 9.17) is 13.7 Å². The van der Waals surface area contributed by atoms with E-state index in [1.807, 2.05) is 30.3 Å². The highest BCUT2D eigenvalue weighted by molar-refractivity contribution is 7.86. The number of hydrogen-bond acceptors (Lipinski definition) is 7. The van der Waals surface area contributed by atoms with Gasteiger partial charge in [-0.3, -0.25) is 18.7 Å². The number of benzene rings is 2. The Hall–Kier alpha value is -2.59. The van der Waals surface area contributed by atoms with Gasteiger partial charge < -0.3 is 9.47 Å². The summed E-state index contributed by atoms with van der Waals surface area (Å²) in [5, 5.41) is 0. The van der Waals surface area contributed by atoms with E-state index in [1.165, 1.54) is 0 Å². The second-order valence-corrected chi connectivity index (χ2v) is 9.85. The fourth-order valence-electron chi connectivity index (χ4n) is 4.23. The molecule has 1 unspecified atom stereocenters. The molecule has 8 nitrogen and oxygen atoms in total. The van der Waals surface area contributed by atoms with Gasteiger partial charge in [-0.05, 0) is 43.4 Å². The van der Waals surface area contributed by atoms with Crippen LogP contribution >= 0.6 is 0 Å². The normalized spacial score (nSPS) is 20.5. The zero-order chi connectivity index (χ0) is 23.4. The van der Waals surface area contributed by atoms with Crippen molar-refractivity contribution in [2.24, 2.45) is 0 Å². The average Bonchev–Trinajstić information content (AvgIpc) is 3.06. The van der Waals surface area contributed by atoms with Gasteiger partial charge in [-0.15, -0.1) is 0 Å². The third-order valence-corrected chi connectivity index (χ3v) is 6.35. The Morgan fingerprint density at radius 2 is 1.64 bits per heavy atom. The fraction of sp³-hybridized carbons (Fsp3) is 0.417. The number of amides is 2. The first-order valence-corrected chi connectivity index (χ1v) is 12.8. The van der Waals surface area contributed by atoms with Gasteiger partial charge in [0.15, 0.2) is 6.29 Å². The van der Waals surface area contributed by atoms with Crippen LogP contribution in [-0.2, 0) is 30.2 Å². The minimum atomic E-state index is -3.92. The van der Waals surface area contributed by atoms with Crippen LogP contribution in [0.25, 0.3) is 0 Å². The predicted octanol–water partition coefficient (Wildman–Crippen LogP) is 2.78. The molecule has 2 heterocycles. The molecule has 2 aromatic rings. The van der Waals surface area contributed by atoms with Gasteiger partial charge in [0.1, 0.15) is 6.10 Å². The lowest BCUT2D eigenvalue weighted by atomic mass is 10.00. The van der Waals surface area contributed by atoms with Gasteiger partial charge in [0.05, 0.1) is 30.0 Å². The molecular formula is C24H27NO7S. The monoisotopic (exact) mass is 473 g/mol. The number of imide groups is 1. The maximum Gasteiger partial charge on any atom is 0.264 e. The SMILES string of the molecule is CS(=O)(=O)O[C@@H](COC1CCCCO1)[C@H](Cc1ccccc1)N1C(=O)c2ccccc2C1=O. The Bertz CT molecular complexity index is 1060. The molecule has 0 saturated carbocycles. The van der Waals surface area contributed by atoms with E-state index in [0.717, 1.165) is 29.6 Å². The molecule has 0 spiro atoms. The summed E-state index contributed by atoms with van der Waals surface area (Å²) in [6.45, 7) is 0.413. The first kappa shape index (κ1) is 23.6. The van der Waals surface area contributed by atoms with Crippen LogP contribution in [0.2, 0.25) is 0 Å². The molecule has 1 saturated heterocycles. The van der Waals surface area contributed by atoms with Crippen molar-refractivity contribution in [3.05, 3.63) is 71.3 Å². The van der Waals surface area contributed by atoms with E-state index in [-0.39, 0.29) is 24.2 Å². The summed E-state index contributed by atoms with van der Waals surface area (Å²) in [5.74, 6) is -0.958. The lowest BCUT2D eigenvalue weighted by Crippen LogP contribution is -2.51. The lowest BCUT2D eigenvalue weighted by Gasteiger charge is -2.33. The molecule has 2 aromatic carbocycles. The van der Waals surface area contributed by atoms with Crippen molar-refractivity contribution in [2.75, 3.05) is 19.5 Å². The molecule has 33 heavy (non-hydrogen) atoms. The smallest absolute Gasteiger partial charge is 0.264 e. The highest BCUT2D eigenvalue weighted by atomic mass is 32.2. The zero-order valence-electron chi connectivity index (χ0n) is 18.4. The third-order valence-electron chi connectivity index (χ3n) is 5.76. The van der Waals surface area contributed by atoms with Gasteiger partial charge in [0, 0.05) is 6.61 Å². The predicted molar refractivity (Wildman–Crippen MR) is 120 cm³/mol. The Kier molecular flexibility index (Phi) is 7.23. The topological polar surface area (TPSA) is 99.2 Å². The van der Waals surface area contributed by atoms with E-state index in [2.05, 4.69) is 0 Å². The average molecular weight is 474 g/mol. The summed E-state index contributed by atoms with van der Waals surface area (Å²) < 4.78 is 41.2. The van der Waals surface area contributed by atoms with Crippen molar-refractivity contribution in [1.29, 1.82) is 0 Å². The highest BCUT2D eigenvalue weighted by Gasteiger charge is 2.44. The van der Waals surface area contributed by atoms with Gasteiger partial charge in [-0.25, -0.2) is 0 Å². The minimum Gasteiger partial charge on any atom is -0.353 e. The largest absolute Gasteiger partial charge is 0.353 e. The van der Waals surface area contributed by atoms with Crippen LogP contribution in [0.3, 0.4) is 0 Å². The summed E-state index contributed by atoms with van der Waals surface area (Å²) in [7, 11) is -3.92. The van der Waals surface area contributed by atoms with E-state index in [1.54, 1.807) is 24.3 Å². The summed E-state index contributed by atoms with van der Waals surface area (Å²) in [5.41, 5.74) is 1.40. The standard InChI is InChI=1S/C24H27NO7S/c1-33(28,29)32-21(16-31-22-13-7-8-14-30-22)20(15-17-9-3-2-4-10-17)25-23(26)18-11-5-6-12-19(18)24(25)27/h2-6,9-12,20-22H,7-8,13-16H2,1H3/t20-,21-,22?/m0/s1. The van der Waals surface area contributed by atoms with Crippen molar-refractivity contribution in [1.82, 2.24) is 4.90 Å². The molecule has 0 radical (unpaired) electrons. The lowest BCUT2D eigenvalue weighted by molar-refractivity contribution is -0.175. The van der Waals surface area contributed by atoms with Gasteiger partial charge in [0.2, 0.25) is 0 Å². The van der Waals surface area contributed by atoms with Gasteiger partial charge in [0.25, 0.3) is 21.9 Å². The molecule has 4 rings (SSSR count).